The quantitative estimate of drug-likeness (QED) is 0.553. The highest BCUT2D eigenvalue weighted by atomic mass is 16.4. The fourth-order valence-electron chi connectivity index (χ4n) is 2.28. The summed E-state index contributed by atoms with van der Waals surface area (Å²) < 4.78 is 5.15. The number of hydrogen-bond donors (Lipinski definition) is 3. The lowest BCUT2D eigenvalue weighted by atomic mass is 10.1. The predicted molar refractivity (Wildman–Crippen MR) is 86.7 cm³/mol. The summed E-state index contributed by atoms with van der Waals surface area (Å²) in [6.07, 6.45) is 2.25. The van der Waals surface area contributed by atoms with Crippen LogP contribution in [0.15, 0.2) is 33.5 Å². The molecule has 1 aromatic carbocycles. The van der Waals surface area contributed by atoms with Gasteiger partial charge in [0.1, 0.15) is 5.58 Å². The molecule has 1 heterocycles. The zero-order valence-corrected chi connectivity index (χ0v) is 12.6. The van der Waals surface area contributed by atoms with Crippen LogP contribution in [0.3, 0.4) is 0 Å². The molecule has 2 rings (SSSR count). The molecule has 118 valence electrons. The van der Waals surface area contributed by atoms with E-state index in [1.165, 1.54) is 6.07 Å². The van der Waals surface area contributed by atoms with Crippen molar-refractivity contribution in [3.8, 4) is 0 Å². The summed E-state index contributed by atoms with van der Waals surface area (Å²) in [5.41, 5.74) is 12.7. The highest BCUT2D eigenvalue weighted by molar-refractivity contribution is 5.96. The normalized spacial score (nSPS) is 12.3. The first-order chi connectivity index (χ1) is 10.5. The number of aryl methyl sites for hydroxylation is 1. The van der Waals surface area contributed by atoms with Gasteiger partial charge in [-0.2, -0.15) is 0 Å². The summed E-state index contributed by atoms with van der Waals surface area (Å²) in [4.78, 5) is 23.4. The Kier molecular flexibility index (Phi) is 5.30. The van der Waals surface area contributed by atoms with E-state index in [4.69, 9.17) is 15.9 Å². The van der Waals surface area contributed by atoms with Gasteiger partial charge in [0.25, 0.3) is 0 Å². The number of amides is 1. The van der Waals surface area contributed by atoms with Crippen molar-refractivity contribution in [1.29, 1.82) is 0 Å². The molecule has 6 nitrogen and oxygen atoms in total. The van der Waals surface area contributed by atoms with Gasteiger partial charge in [-0.15, -0.1) is 0 Å². The van der Waals surface area contributed by atoms with Crippen molar-refractivity contribution in [3.63, 3.8) is 0 Å². The van der Waals surface area contributed by atoms with Crippen molar-refractivity contribution in [1.82, 2.24) is 0 Å². The standard InChI is InChI=1S/C16H21N3O3/c1-10-8-15(20)22-14-9-11(5-6-12(10)14)19-16(21)13(18)4-2-3-7-17/h5-6,8-9,13H,2-4,7,17-18H2,1H3,(H,19,21). The van der Waals surface area contributed by atoms with E-state index in [9.17, 15) is 9.59 Å². The van der Waals surface area contributed by atoms with Crippen LogP contribution in [0.1, 0.15) is 24.8 Å². The average molecular weight is 303 g/mol. The third kappa shape index (κ3) is 3.93. The van der Waals surface area contributed by atoms with Crippen LogP contribution < -0.4 is 22.4 Å². The van der Waals surface area contributed by atoms with Crippen LogP contribution in [-0.2, 0) is 4.79 Å². The fourth-order valence-corrected chi connectivity index (χ4v) is 2.28. The Morgan fingerprint density at radius 1 is 1.32 bits per heavy atom. The molecule has 2 aromatic rings. The van der Waals surface area contributed by atoms with Crippen LogP contribution >= 0.6 is 0 Å². The zero-order valence-electron chi connectivity index (χ0n) is 12.6. The van der Waals surface area contributed by atoms with Crippen molar-refractivity contribution in [2.45, 2.75) is 32.2 Å². The summed E-state index contributed by atoms with van der Waals surface area (Å²) >= 11 is 0. The molecular weight excluding hydrogens is 282 g/mol. The van der Waals surface area contributed by atoms with Crippen LogP contribution in [-0.4, -0.2) is 18.5 Å². The zero-order chi connectivity index (χ0) is 16.1. The van der Waals surface area contributed by atoms with Crippen LogP contribution in [0.25, 0.3) is 11.0 Å². The Morgan fingerprint density at radius 2 is 2.09 bits per heavy atom. The first-order valence-corrected chi connectivity index (χ1v) is 7.32. The van der Waals surface area contributed by atoms with Gasteiger partial charge in [0.15, 0.2) is 0 Å². The number of benzene rings is 1. The number of unbranched alkanes of at least 4 members (excludes halogenated alkanes) is 1. The van der Waals surface area contributed by atoms with Gasteiger partial charge >= 0.3 is 5.63 Å². The first kappa shape index (κ1) is 16.2. The predicted octanol–water partition coefficient (Wildman–Crippen LogP) is 1.50. The van der Waals surface area contributed by atoms with Crippen LogP contribution in [0.2, 0.25) is 0 Å². The van der Waals surface area contributed by atoms with E-state index in [-0.39, 0.29) is 5.91 Å². The number of rotatable bonds is 6. The minimum absolute atomic E-state index is 0.258. The second-order valence-electron chi connectivity index (χ2n) is 5.34. The maximum absolute atomic E-state index is 12.0. The molecule has 6 heteroatoms. The monoisotopic (exact) mass is 303 g/mol. The van der Waals surface area contributed by atoms with Gasteiger partial charge in [-0.05, 0) is 44.0 Å². The second kappa shape index (κ2) is 7.20. The molecule has 1 unspecified atom stereocenters. The van der Waals surface area contributed by atoms with E-state index >= 15 is 0 Å². The van der Waals surface area contributed by atoms with Crippen LogP contribution in [0.4, 0.5) is 5.69 Å². The molecule has 1 atom stereocenters. The molecule has 0 aliphatic carbocycles. The number of hydrogen-bond acceptors (Lipinski definition) is 5. The van der Waals surface area contributed by atoms with E-state index in [0.29, 0.717) is 24.2 Å². The molecular formula is C16H21N3O3. The molecule has 0 spiro atoms. The average Bonchev–Trinajstić information content (AvgIpc) is 2.46. The third-order valence-corrected chi connectivity index (χ3v) is 3.52. The Balaban J connectivity index is 2.11. The van der Waals surface area contributed by atoms with Gasteiger partial charge in [-0.1, -0.05) is 6.42 Å². The van der Waals surface area contributed by atoms with Gasteiger partial charge in [0.05, 0.1) is 6.04 Å². The molecule has 0 radical (unpaired) electrons. The number of anilines is 1. The maximum atomic E-state index is 12.0. The van der Waals surface area contributed by atoms with E-state index in [1.807, 2.05) is 13.0 Å². The number of nitrogens with two attached hydrogens (primary N) is 2. The van der Waals surface area contributed by atoms with Crippen molar-refractivity contribution >= 4 is 22.6 Å². The summed E-state index contributed by atoms with van der Waals surface area (Å²) in [6, 6.07) is 6.07. The molecule has 5 N–H and O–H groups in total. The molecule has 1 aromatic heterocycles. The number of nitrogens with one attached hydrogen (secondary N) is 1. The largest absolute Gasteiger partial charge is 0.423 e. The Hall–Kier alpha value is -2.18. The minimum atomic E-state index is -0.577. The molecule has 0 bridgehead atoms. The number of carbonyl (C=O) groups is 1. The highest BCUT2D eigenvalue weighted by Gasteiger charge is 2.13. The highest BCUT2D eigenvalue weighted by Crippen LogP contribution is 2.20. The van der Waals surface area contributed by atoms with Gasteiger partial charge in [-0.3, -0.25) is 4.79 Å². The smallest absolute Gasteiger partial charge is 0.336 e. The van der Waals surface area contributed by atoms with Crippen molar-refractivity contribution < 1.29 is 9.21 Å². The molecule has 0 saturated heterocycles. The second-order valence-corrected chi connectivity index (χ2v) is 5.34. The summed E-state index contributed by atoms with van der Waals surface area (Å²) in [6.45, 7) is 2.43. The number of carbonyl (C=O) groups excluding carboxylic acids is 1. The number of fused-ring (bicyclic) bond motifs is 1. The van der Waals surface area contributed by atoms with Crippen molar-refractivity contribution in [2.75, 3.05) is 11.9 Å². The lowest BCUT2D eigenvalue weighted by molar-refractivity contribution is -0.117. The van der Waals surface area contributed by atoms with E-state index < -0.39 is 11.7 Å². The maximum Gasteiger partial charge on any atom is 0.336 e. The Labute approximate surface area is 128 Å². The third-order valence-electron chi connectivity index (χ3n) is 3.52. The molecule has 0 aliphatic rings. The van der Waals surface area contributed by atoms with Gasteiger partial charge in [0, 0.05) is 23.2 Å². The first-order valence-electron chi connectivity index (χ1n) is 7.32. The summed E-state index contributed by atoms with van der Waals surface area (Å²) in [5.74, 6) is -0.258. The topological polar surface area (TPSA) is 111 Å². The van der Waals surface area contributed by atoms with Crippen LogP contribution in [0, 0.1) is 6.92 Å². The summed E-state index contributed by atoms with van der Waals surface area (Å²) in [7, 11) is 0. The minimum Gasteiger partial charge on any atom is -0.423 e. The van der Waals surface area contributed by atoms with Gasteiger partial charge in [0.2, 0.25) is 5.91 Å². The molecule has 0 saturated carbocycles. The van der Waals surface area contributed by atoms with Crippen molar-refractivity contribution in [3.05, 3.63) is 40.2 Å². The van der Waals surface area contributed by atoms with Crippen LogP contribution in [0.5, 0.6) is 0 Å². The Bertz CT molecular complexity index is 724. The molecule has 22 heavy (non-hydrogen) atoms. The molecule has 0 fully saturated rings. The molecule has 1 amide bonds. The van der Waals surface area contributed by atoms with E-state index in [1.54, 1.807) is 12.1 Å². The van der Waals surface area contributed by atoms with E-state index in [2.05, 4.69) is 5.32 Å². The fraction of sp³-hybridized carbons (Fsp3) is 0.375. The lowest BCUT2D eigenvalue weighted by Crippen LogP contribution is -2.35. The lowest BCUT2D eigenvalue weighted by Gasteiger charge is -2.12. The van der Waals surface area contributed by atoms with E-state index in [0.717, 1.165) is 23.8 Å². The SMILES string of the molecule is Cc1cc(=O)oc2cc(NC(=O)C(N)CCCCN)ccc12. The van der Waals surface area contributed by atoms with Crippen molar-refractivity contribution in [2.24, 2.45) is 11.5 Å². The molecule has 0 aliphatic heterocycles. The Morgan fingerprint density at radius 3 is 2.82 bits per heavy atom. The van der Waals surface area contributed by atoms with Gasteiger partial charge < -0.3 is 21.2 Å². The van der Waals surface area contributed by atoms with Gasteiger partial charge in [-0.25, -0.2) is 4.79 Å². The summed E-state index contributed by atoms with van der Waals surface area (Å²) in [5, 5.41) is 3.58.